The van der Waals surface area contributed by atoms with Gasteiger partial charge < -0.3 is 5.73 Å². The Kier molecular flexibility index (Phi) is 3.49. The average Bonchev–Trinajstić information content (AvgIpc) is 2.16. The van der Waals surface area contributed by atoms with E-state index in [0.29, 0.717) is 11.8 Å². The molecule has 0 heterocycles. The van der Waals surface area contributed by atoms with Gasteiger partial charge in [0.05, 0.1) is 0 Å². The van der Waals surface area contributed by atoms with Gasteiger partial charge in [-0.1, -0.05) is 38.1 Å². The van der Waals surface area contributed by atoms with E-state index in [1.54, 1.807) is 0 Å². The molecule has 1 nitrogen and oxygen atoms in total. The lowest BCUT2D eigenvalue weighted by molar-refractivity contribution is 0.497. The Morgan fingerprint density at radius 3 is 2.38 bits per heavy atom. The van der Waals surface area contributed by atoms with E-state index in [1.807, 2.05) is 0 Å². The van der Waals surface area contributed by atoms with Crippen molar-refractivity contribution >= 4 is 0 Å². The highest BCUT2D eigenvalue weighted by Gasteiger charge is 2.13. The van der Waals surface area contributed by atoms with E-state index in [4.69, 9.17) is 5.73 Å². The van der Waals surface area contributed by atoms with Gasteiger partial charge in [0, 0.05) is 0 Å². The van der Waals surface area contributed by atoms with E-state index in [2.05, 4.69) is 45.0 Å². The molecule has 72 valence electrons. The second-order valence-corrected chi connectivity index (χ2v) is 3.86. The average molecular weight is 177 g/mol. The molecule has 0 aliphatic heterocycles. The smallest absolute Gasteiger partial charge is 0.00458 e. The molecule has 0 aliphatic rings. The van der Waals surface area contributed by atoms with Crippen LogP contribution in [0, 0.1) is 12.8 Å². The number of rotatable bonds is 3. The summed E-state index contributed by atoms with van der Waals surface area (Å²) in [5.41, 5.74) is 8.46. The maximum absolute atomic E-state index is 5.66. The van der Waals surface area contributed by atoms with Crippen molar-refractivity contribution in [2.24, 2.45) is 11.7 Å². The van der Waals surface area contributed by atoms with Crippen LogP contribution in [-0.2, 0) is 0 Å². The Bertz CT molecular complexity index is 268. The molecule has 0 aliphatic carbocycles. The second-order valence-electron chi connectivity index (χ2n) is 3.86. The number of nitrogens with two attached hydrogens (primary N) is 1. The number of hydrogen-bond donors (Lipinski definition) is 1. The monoisotopic (exact) mass is 177 g/mol. The minimum Gasteiger partial charge on any atom is -0.330 e. The first-order valence-electron chi connectivity index (χ1n) is 4.92. The zero-order valence-electron chi connectivity index (χ0n) is 8.75. The maximum atomic E-state index is 5.66. The van der Waals surface area contributed by atoms with E-state index < -0.39 is 0 Å². The van der Waals surface area contributed by atoms with Crippen molar-refractivity contribution in [3.63, 3.8) is 0 Å². The molecule has 0 amide bonds. The highest BCUT2D eigenvalue weighted by molar-refractivity contribution is 5.29. The highest BCUT2D eigenvalue weighted by atomic mass is 14.5. The fourth-order valence-electron chi connectivity index (χ4n) is 1.61. The van der Waals surface area contributed by atoms with Gasteiger partial charge in [0.1, 0.15) is 0 Å². The van der Waals surface area contributed by atoms with Crippen LogP contribution < -0.4 is 5.73 Å². The van der Waals surface area contributed by atoms with E-state index in [0.717, 1.165) is 6.54 Å². The predicted molar refractivity (Wildman–Crippen MR) is 57.8 cm³/mol. The van der Waals surface area contributed by atoms with Crippen LogP contribution in [0.15, 0.2) is 24.3 Å². The number of aryl methyl sites for hydroxylation is 1. The summed E-state index contributed by atoms with van der Waals surface area (Å²) in [5, 5.41) is 0. The zero-order chi connectivity index (χ0) is 9.84. The first-order chi connectivity index (χ1) is 6.16. The minimum atomic E-state index is 0.557. The van der Waals surface area contributed by atoms with Gasteiger partial charge in [-0.3, -0.25) is 0 Å². The summed E-state index contributed by atoms with van der Waals surface area (Å²) in [4.78, 5) is 0. The predicted octanol–water partition coefficient (Wildman–Crippen LogP) is 2.69. The molecule has 0 saturated carbocycles. The van der Waals surface area contributed by atoms with Crippen molar-refractivity contribution in [1.29, 1.82) is 0 Å². The van der Waals surface area contributed by atoms with Gasteiger partial charge in [0.15, 0.2) is 0 Å². The van der Waals surface area contributed by atoms with Gasteiger partial charge in [-0.25, -0.2) is 0 Å². The Hall–Kier alpha value is -0.820. The molecule has 13 heavy (non-hydrogen) atoms. The molecule has 1 rings (SSSR count). The molecule has 0 saturated heterocycles. The van der Waals surface area contributed by atoms with E-state index in [-0.39, 0.29) is 0 Å². The summed E-state index contributed by atoms with van der Waals surface area (Å²) in [7, 11) is 0. The van der Waals surface area contributed by atoms with Crippen molar-refractivity contribution < 1.29 is 0 Å². The zero-order valence-corrected chi connectivity index (χ0v) is 8.75. The molecule has 0 fully saturated rings. The summed E-state index contributed by atoms with van der Waals surface area (Å²) in [5.74, 6) is 1.12. The lowest BCUT2D eigenvalue weighted by Gasteiger charge is -2.20. The summed E-state index contributed by atoms with van der Waals surface area (Å²) in [6, 6.07) is 8.54. The molecular weight excluding hydrogens is 158 g/mol. The molecule has 0 radical (unpaired) electrons. The fraction of sp³-hybridized carbons (Fsp3) is 0.500. The third-order valence-electron chi connectivity index (χ3n) is 2.90. The van der Waals surface area contributed by atoms with Gasteiger partial charge in [-0.15, -0.1) is 0 Å². The molecule has 1 heteroatoms. The fourth-order valence-corrected chi connectivity index (χ4v) is 1.61. The summed E-state index contributed by atoms with van der Waals surface area (Å²) >= 11 is 0. The Balaban J connectivity index is 2.88. The minimum absolute atomic E-state index is 0.557. The number of hydrogen-bond acceptors (Lipinski definition) is 1. The molecular formula is C12H19N. The topological polar surface area (TPSA) is 26.0 Å². The van der Waals surface area contributed by atoms with Crippen LogP contribution in [0.5, 0.6) is 0 Å². The molecule has 0 aromatic heterocycles. The van der Waals surface area contributed by atoms with Crippen LogP contribution in [-0.4, -0.2) is 6.54 Å². The van der Waals surface area contributed by atoms with Crippen LogP contribution in [0.3, 0.4) is 0 Å². The van der Waals surface area contributed by atoms with Crippen molar-refractivity contribution in [1.82, 2.24) is 0 Å². The summed E-state index contributed by atoms with van der Waals surface area (Å²) in [6.07, 6.45) is 0. The molecule has 2 unspecified atom stereocenters. The molecule has 0 bridgehead atoms. The Morgan fingerprint density at radius 1 is 1.23 bits per heavy atom. The molecule has 0 spiro atoms. The van der Waals surface area contributed by atoms with E-state index in [1.165, 1.54) is 11.1 Å². The van der Waals surface area contributed by atoms with Crippen molar-refractivity contribution in [3.05, 3.63) is 35.4 Å². The lowest BCUT2D eigenvalue weighted by Crippen LogP contribution is -2.17. The van der Waals surface area contributed by atoms with Crippen molar-refractivity contribution in [2.75, 3.05) is 6.54 Å². The van der Waals surface area contributed by atoms with Crippen LogP contribution in [0.4, 0.5) is 0 Å². The van der Waals surface area contributed by atoms with Crippen LogP contribution in [0.25, 0.3) is 0 Å². The van der Waals surface area contributed by atoms with Gasteiger partial charge in [0.2, 0.25) is 0 Å². The van der Waals surface area contributed by atoms with Gasteiger partial charge >= 0.3 is 0 Å². The normalized spacial score (nSPS) is 15.4. The highest BCUT2D eigenvalue weighted by Crippen LogP contribution is 2.25. The largest absolute Gasteiger partial charge is 0.330 e. The Labute approximate surface area is 81.0 Å². The second kappa shape index (κ2) is 4.43. The van der Waals surface area contributed by atoms with Crippen LogP contribution >= 0.6 is 0 Å². The summed E-state index contributed by atoms with van der Waals surface area (Å²) in [6.45, 7) is 7.38. The first-order valence-corrected chi connectivity index (χ1v) is 4.92. The first kappa shape index (κ1) is 10.3. The van der Waals surface area contributed by atoms with Gasteiger partial charge in [-0.2, -0.15) is 0 Å². The van der Waals surface area contributed by atoms with Crippen molar-refractivity contribution in [2.45, 2.75) is 26.7 Å². The molecule has 1 aromatic carbocycles. The Morgan fingerprint density at radius 2 is 1.85 bits per heavy atom. The summed E-state index contributed by atoms with van der Waals surface area (Å²) < 4.78 is 0. The van der Waals surface area contributed by atoms with Crippen LogP contribution in [0.2, 0.25) is 0 Å². The van der Waals surface area contributed by atoms with E-state index in [9.17, 15) is 0 Å². The quantitative estimate of drug-likeness (QED) is 0.754. The molecule has 1 aromatic rings. The standard InChI is InChI=1S/C12H19N/c1-9-6-4-5-7-12(9)11(3)10(2)8-13/h4-7,10-11H,8,13H2,1-3H3. The van der Waals surface area contributed by atoms with Crippen LogP contribution in [0.1, 0.15) is 30.9 Å². The SMILES string of the molecule is Cc1ccccc1C(C)C(C)CN. The maximum Gasteiger partial charge on any atom is -0.00458 e. The third-order valence-corrected chi connectivity index (χ3v) is 2.90. The van der Waals surface area contributed by atoms with Crippen molar-refractivity contribution in [3.8, 4) is 0 Å². The third kappa shape index (κ3) is 2.31. The molecule has 2 atom stereocenters. The molecule has 2 N–H and O–H groups in total. The lowest BCUT2D eigenvalue weighted by atomic mass is 9.87. The van der Waals surface area contributed by atoms with E-state index >= 15 is 0 Å². The van der Waals surface area contributed by atoms with Gasteiger partial charge in [0.25, 0.3) is 0 Å². The number of benzene rings is 1. The van der Waals surface area contributed by atoms with Gasteiger partial charge in [-0.05, 0) is 36.4 Å².